The van der Waals surface area contributed by atoms with Crippen molar-refractivity contribution < 1.29 is 14.3 Å². The first-order valence-electron chi connectivity index (χ1n) is 12.0. The fourth-order valence-electron chi connectivity index (χ4n) is 4.21. The molecule has 8 nitrogen and oxygen atoms in total. The van der Waals surface area contributed by atoms with Crippen molar-refractivity contribution in [1.82, 2.24) is 14.9 Å². The summed E-state index contributed by atoms with van der Waals surface area (Å²) in [4.78, 5) is 36.1. The second kappa shape index (κ2) is 11.9. The fourth-order valence-corrected chi connectivity index (χ4v) is 4.49. The van der Waals surface area contributed by atoms with Crippen LogP contribution in [0.25, 0.3) is 0 Å². The minimum absolute atomic E-state index is 0.00999. The first kappa shape index (κ1) is 25.4. The average molecular weight is 508 g/mol. The van der Waals surface area contributed by atoms with Crippen molar-refractivity contribution in [3.05, 3.63) is 76.7 Å². The van der Waals surface area contributed by atoms with Crippen molar-refractivity contribution in [2.75, 3.05) is 43.9 Å². The van der Waals surface area contributed by atoms with E-state index in [1.165, 1.54) is 0 Å². The van der Waals surface area contributed by atoms with E-state index in [4.69, 9.17) is 16.3 Å². The standard InChI is InChI=1S/C27H30ClN5O3/c1-18-29-13-10-24(32-18)31-16-19-11-14-33(15-12-19)25(34)17-30-23-5-3-4-22(26(23)28)27(35)20-6-8-21(36-2)9-7-20/h3-10,13,19,30H,11-12,14-17H2,1-2H3,(H,29,31,32). The van der Waals surface area contributed by atoms with E-state index in [9.17, 15) is 9.59 Å². The van der Waals surface area contributed by atoms with Gasteiger partial charge >= 0.3 is 0 Å². The molecule has 2 heterocycles. The molecular weight excluding hydrogens is 478 g/mol. The third kappa shape index (κ3) is 6.31. The maximum absolute atomic E-state index is 13.0. The van der Waals surface area contributed by atoms with Crippen LogP contribution in [0.1, 0.15) is 34.6 Å². The molecule has 2 N–H and O–H groups in total. The number of carbonyl (C=O) groups excluding carboxylic acids is 2. The van der Waals surface area contributed by atoms with Crippen LogP contribution in [0, 0.1) is 12.8 Å². The first-order valence-corrected chi connectivity index (χ1v) is 12.3. The molecule has 188 valence electrons. The van der Waals surface area contributed by atoms with E-state index in [1.807, 2.05) is 17.9 Å². The van der Waals surface area contributed by atoms with Gasteiger partial charge in [-0.25, -0.2) is 9.97 Å². The summed E-state index contributed by atoms with van der Waals surface area (Å²) < 4.78 is 5.15. The van der Waals surface area contributed by atoms with E-state index in [0.717, 1.165) is 31.0 Å². The van der Waals surface area contributed by atoms with Crippen LogP contribution in [-0.2, 0) is 4.79 Å². The van der Waals surface area contributed by atoms with Crippen LogP contribution in [0.3, 0.4) is 0 Å². The van der Waals surface area contributed by atoms with Crippen LogP contribution >= 0.6 is 11.6 Å². The van der Waals surface area contributed by atoms with Crippen LogP contribution in [0.2, 0.25) is 5.02 Å². The largest absolute Gasteiger partial charge is 0.497 e. The Morgan fingerprint density at radius 3 is 2.53 bits per heavy atom. The lowest BCUT2D eigenvalue weighted by Crippen LogP contribution is -2.42. The number of piperidine rings is 1. The highest BCUT2D eigenvalue weighted by molar-refractivity contribution is 6.37. The highest BCUT2D eigenvalue weighted by Gasteiger charge is 2.23. The minimum atomic E-state index is -0.189. The number of likely N-dealkylation sites (tertiary alicyclic amines) is 1. The number of ketones is 1. The van der Waals surface area contributed by atoms with E-state index >= 15 is 0 Å². The molecule has 1 fully saturated rings. The van der Waals surface area contributed by atoms with E-state index < -0.39 is 0 Å². The Balaban J connectivity index is 1.28. The molecule has 3 aromatic rings. The number of anilines is 2. The number of ether oxygens (including phenoxy) is 1. The molecule has 0 unspecified atom stereocenters. The summed E-state index contributed by atoms with van der Waals surface area (Å²) in [5.41, 5.74) is 1.45. The Hall–Kier alpha value is -3.65. The molecule has 9 heteroatoms. The highest BCUT2D eigenvalue weighted by atomic mass is 35.5. The van der Waals surface area contributed by atoms with Crippen molar-refractivity contribution in [2.24, 2.45) is 5.92 Å². The average Bonchev–Trinajstić information content (AvgIpc) is 2.91. The third-order valence-corrected chi connectivity index (χ3v) is 6.75. The molecule has 4 rings (SSSR count). The van der Waals surface area contributed by atoms with Crippen LogP contribution in [0.5, 0.6) is 5.75 Å². The van der Waals surface area contributed by atoms with Gasteiger partial charge in [-0.15, -0.1) is 0 Å². The van der Waals surface area contributed by atoms with E-state index in [0.29, 0.717) is 46.6 Å². The van der Waals surface area contributed by atoms with Crippen molar-refractivity contribution in [3.63, 3.8) is 0 Å². The number of nitrogens with zero attached hydrogens (tertiary/aromatic N) is 3. The third-order valence-electron chi connectivity index (χ3n) is 6.34. The molecule has 0 aliphatic carbocycles. The number of hydrogen-bond donors (Lipinski definition) is 2. The topological polar surface area (TPSA) is 96.5 Å². The smallest absolute Gasteiger partial charge is 0.241 e. The van der Waals surface area contributed by atoms with Gasteiger partial charge in [-0.2, -0.15) is 0 Å². The Labute approximate surface area is 216 Å². The van der Waals surface area contributed by atoms with E-state index in [1.54, 1.807) is 55.8 Å². The van der Waals surface area contributed by atoms with Gasteiger partial charge in [-0.3, -0.25) is 9.59 Å². The van der Waals surface area contributed by atoms with Crippen LogP contribution in [0.15, 0.2) is 54.7 Å². The number of amides is 1. The Morgan fingerprint density at radius 1 is 1.08 bits per heavy atom. The maximum atomic E-state index is 13.0. The number of halogens is 1. The predicted octanol–water partition coefficient (Wildman–Crippen LogP) is 4.44. The van der Waals surface area contributed by atoms with Crippen LogP contribution < -0.4 is 15.4 Å². The van der Waals surface area contributed by atoms with Gasteiger partial charge in [0, 0.05) is 37.0 Å². The molecular formula is C27H30ClN5O3. The van der Waals surface area contributed by atoms with Crippen LogP contribution in [-0.4, -0.2) is 59.8 Å². The zero-order valence-corrected chi connectivity index (χ0v) is 21.2. The Morgan fingerprint density at radius 2 is 1.83 bits per heavy atom. The molecule has 0 saturated carbocycles. The highest BCUT2D eigenvalue weighted by Crippen LogP contribution is 2.28. The van der Waals surface area contributed by atoms with Crippen molar-refractivity contribution in [1.29, 1.82) is 0 Å². The van der Waals surface area contributed by atoms with Crippen molar-refractivity contribution >= 4 is 34.8 Å². The number of nitrogens with one attached hydrogen (secondary N) is 2. The zero-order valence-electron chi connectivity index (χ0n) is 20.5. The number of rotatable bonds is 9. The van der Waals surface area contributed by atoms with Gasteiger partial charge in [0.1, 0.15) is 17.4 Å². The molecule has 1 aromatic heterocycles. The van der Waals surface area contributed by atoms with Gasteiger partial charge in [0.15, 0.2) is 5.78 Å². The van der Waals surface area contributed by atoms with Crippen molar-refractivity contribution in [2.45, 2.75) is 19.8 Å². The molecule has 0 radical (unpaired) electrons. The number of hydrogen-bond acceptors (Lipinski definition) is 7. The summed E-state index contributed by atoms with van der Waals surface area (Å²) in [6.45, 7) is 4.22. The Bertz CT molecular complexity index is 1210. The van der Waals surface area contributed by atoms with Gasteiger partial charge in [-0.05, 0) is 68.1 Å². The summed E-state index contributed by atoms with van der Waals surface area (Å²) >= 11 is 6.55. The summed E-state index contributed by atoms with van der Waals surface area (Å²) in [6.07, 6.45) is 3.60. The minimum Gasteiger partial charge on any atom is -0.497 e. The Kier molecular flexibility index (Phi) is 8.38. The van der Waals surface area contributed by atoms with E-state index in [2.05, 4.69) is 20.6 Å². The number of methoxy groups -OCH3 is 1. The normalized spacial score (nSPS) is 13.8. The number of benzene rings is 2. The van der Waals surface area contributed by atoms with Gasteiger partial charge in [0.25, 0.3) is 0 Å². The number of aromatic nitrogens is 2. The summed E-state index contributed by atoms with van der Waals surface area (Å²) in [5.74, 6) is 2.54. The van der Waals surface area contributed by atoms with Crippen molar-refractivity contribution in [3.8, 4) is 5.75 Å². The number of aryl methyl sites for hydroxylation is 1. The SMILES string of the molecule is COc1ccc(C(=O)c2cccc(NCC(=O)N3CCC(CNc4ccnc(C)n4)CC3)c2Cl)cc1. The van der Waals surface area contributed by atoms with Crippen LogP contribution in [0.4, 0.5) is 11.5 Å². The summed E-state index contributed by atoms with van der Waals surface area (Å²) in [5, 5.41) is 6.79. The second-order valence-corrected chi connectivity index (χ2v) is 9.15. The molecule has 1 amide bonds. The second-order valence-electron chi connectivity index (χ2n) is 8.77. The van der Waals surface area contributed by atoms with E-state index in [-0.39, 0.29) is 18.2 Å². The van der Waals surface area contributed by atoms with Gasteiger partial charge in [-0.1, -0.05) is 17.7 Å². The maximum Gasteiger partial charge on any atom is 0.241 e. The fraction of sp³-hybridized carbons (Fsp3) is 0.333. The molecule has 0 spiro atoms. The monoisotopic (exact) mass is 507 g/mol. The number of carbonyl (C=O) groups is 2. The van der Waals surface area contributed by atoms with Gasteiger partial charge < -0.3 is 20.3 Å². The quantitative estimate of drug-likeness (QED) is 0.413. The molecule has 1 aliphatic rings. The predicted molar refractivity (Wildman–Crippen MR) is 141 cm³/mol. The molecule has 1 aliphatic heterocycles. The lowest BCUT2D eigenvalue weighted by molar-refractivity contribution is -0.130. The molecule has 36 heavy (non-hydrogen) atoms. The molecule has 2 aromatic carbocycles. The summed E-state index contributed by atoms with van der Waals surface area (Å²) in [7, 11) is 1.58. The van der Waals surface area contributed by atoms with Gasteiger partial charge in [0.2, 0.25) is 5.91 Å². The molecule has 0 bridgehead atoms. The van der Waals surface area contributed by atoms with Gasteiger partial charge in [0.05, 0.1) is 24.4 Å². The lowest BCUT2D eigenvalue weighted by atomic mass is 9.96. The lowest BCUT2D eigenvalue weighted by Gasteiger charge is -2.32. The zero-order chi connectivity index (χ0) is 25.5. The first-order chi connectivity index (χ1) is 17.4. The molecule has 1 saturated heterocycles. The molecule has 0 atom stereocenters. The summed E-state index contributed by atoms with van der Waals surface area (Å²) in [6, 6.07) is 14.0.